The molecule has 0 aliphatic heterocycles. The molecule has 0 fully saturated rings. The Morgan fingerprint density at radius 3 is 2.39 bits per heavy atom. The van der Waals surface area contributed by atoms with Gasteiger partial charge in [-0.1, -0.05) is 17.7 Å². The van der Waals surface area contributed by atoms with Crippen LogP contribution in [0, 0.1) is 5.82 Å². The molecule has 1 nitrogen and oxygen atoms in total. The van der Waals surface area contributed by atoms with Crippen molar-refractivity contribution in [3.8, 4) is 11.1 Å². The van der Waals surface area contributed by atoms with E-state index >= 15 is 0 Å². The number of pyridine rings is 1. The van der Waals surface area contributed by atoms with Crippen molar-refractivity contribution in [1.29, 1.82) is 0 Å². The van der Waals surface area contributed by atoms with Crippen molar-refractivity contribution in [3.05, 3.63) is 53.1 Å². The summed E-state index contributed by atoms with van der Waals surface area (Å²) in [6, 6.07) is 4.18. The van der Waals surface area contributed by atoms with Crippen LogP contribution in [0.25, 0.3) is 11.1 Å². The fraction of sp³-hybridized carbons (Fsp3) is 0.0833. The van der Waals surface area contributed by atoms with Gasteiger partial charge in [-0.2, -0.15) is 13.2 Å². The van der Waals surface area contributed by atoms with Crippen LogP contribution in [0.15, 0.2) is 36.7 Å². The van der Waals surface area contributed by atoms with Gasteiger partial charge in [0.2, 0.25) is 0 Å². The second kappa shape index (κ2) is 4.57. The van der Waals surface area contributed by atoms with Crippen LogP contribution < -0.4 is 0 Å². The SMILES string of the molecule is Fc1cc(-c2ccncc2Cl)ccc1C(F)(F)F. The fourth-order valence-corrected chi connectivity index (χ4v) is 1.75. The first-order valence-electron chi connectivity index (χ1n) is 4.86. The Bertz CT molecular complexity index is 581. The predicted octanol–water partition coefficient (Wildman–Crippen LogP) is 4.56. The van der Waals surface area contributed by atoms with Gasteiger partial charge < -0.3 is 0 Å². The molecule has 0 bridgehead atoms. The highest BCUT2D eigenvalue weighted by atomic mass is 35.5. The molecule has 0 aliphatic rings. The summed E-state index contributed by atoms with van der Waals surface area (Å²) in [4.78, 5) is 3.74. The van der Waals surface area contributed by atoms with Crippen LogP contribution in [0.4, 0.5) is 17.6 Å². The van der Waals surface area contributed by atoms with E-state index in [0.29, 0.717) is 11.6 Å². The van der Waals surface area contributed by atoms with Crippen LogP contribution in [-0.4, -0.2) is 4.98 Å². The normalized spacial score (nSPS) is 11.6. The van der Waals surface area contributed by atoms with Crippen LogP contribution >= 0.6 is 11.6 Å². The lowest BCUT2D eigenvalue weighted by molar-refractivity contribution is -0.139. The summed E-state index contributed by atoms with van der Waals surface area (Å²) < 4.78 is 50.5. The van der Waals surface area contributed by atoms with Gasteiger partial charge >= 0.3 is 6.18 Å². The lowest BCUT2D eigenvalue weighted by atomic mass is 10.0. The third-order valence-corrected chi connectivity index (χ3v) is 2.66. The van der Waals surface area contributed by atoms with Gasteiger partial charge in [0.1, 0.15) is 5.82 Å². The van der Waals surface area contributed by atoms with E-state index in [1.807, 2.05) is 0 Å². The Morgan fingerprint density at radius 2 is 1.83 bits per heavy atom. The number of benzene rings is 1. The first-order chi connectivity index (χ1) is 8.39. The number of hydrogen-bond donors (Lipinski definition) is 0. The largest absolute Gasteiger partial charge is 0.419 e. The number of alkyl halides is 3. The third-order valence-electron chi connectivity index (χ3n) is 2.36. The van der Waals surface area contributed by atoms with Crippen molar-refractivity contribution in [2.45, 2.75) is 6.18 Å². The van der Waals surface area contributed by atoms with E-state index in [9.17, 15) is 17.6 Å². The van der Waals surface area contributed by atoms with Crippen LogP contribution in [0.5, 0.6) is 0 Å². The molecule has 0 radical (unpaired) electrons. The summed E-state index contributed by atoms with van der Waals surface area (Å²) in [6.07, 6.45) is -1.94. The quantitative estimate of drug-likeness (QED) is 0.695. The van der Waals surface area contributed by atoms with Gasteiger partial charge in [-0.15, -0.1) is 0 Å². The first-order valence-corrected chi connectivity index (χ1v) is 5.24. The summed E-state index contributed by atoms with van der Waals surface area (Å²) in [5.41, 5.74) is -0.594. The molecule has 1 aromatic carbocycles. The van der Waals surface area contributed by atoms with Gasteiger partial charge in [0.05, 0.1) is 10.6 Å². The van der Waals surface area contributed by atoms with Crippen LogP contribution in [-0.2, 0) is 6.18 Å². The second-order valence-electron chi connectivity index (χ2n) is 3.55. The highest BCUT2D eigenvalue weighted by Gasteiger charge is 2.33. The number of nitrogens with zero attached hydrogens (tertiary/aromatic N) is 1. The number of hydrogen-bond acceptors (Lipinski definition) is 1. The van der Waals surface area contributed by atoms with Crippen LogP contribution in [0.2, 0.25) is 5.02 Å². The Morgan fingerprint density at radius 1 is 1.11 bits per heavy atom. The Labute approximate surface area is 105 Å². The standard InChI is InChI=1S/C12H6ClF4N/c13-10-6-18-4-3-8(10)7-1-2-9(11(14)5-7)12(15,16)17/h1-6H. The van der Waals surface area contributed by atoms with Crippen molar-refractivity contribution in [3.63, 3.8) is 0 Å². The van der Waals surface area contributed by atoms with Crippen molar-refractivity contribution < 1.29 is 17.6 Å². The number of rotatable bonds is 1. The molecule has 0 aliphatic carbocycles. The maximum atomic E-state index is 13.4. The van der Waals surface area contributed by atoms with Gasteiger partial charge in [0, 0.05) is 18.0 Å². The summed E-state index contributed by atoms with van der Waals surface area (Å²) in [7, 11) is 0. The smallest absolute Gasteiger partial charge is 0.263 e. The third kappa shape index (κ3) is 2.46. The minimum Gasteiger partial charge on any atom is -0.263 e. The molecule has 0 saturated carbocycles. The Balaban J connectivity index is 2.51. The molecule has 0 amide bonds. The molecular formula is C12H6ClF4N. The molecule has 0 N–H and O–H groups in total. The molecule has 0 spiro atoms. The van der Waals surface area contributed by atoms with E-state index < -0.39 is 17.6 Å². The minimum atomic E-state index is -4.70. The fourth-order valence-electron chi connectivity index (χ4n) is 1.52. The van der Waals surface area contributed by atoms with Gasteiger partial charge in [0.15, 0.2) is 0 Å². The van der Waals surface area contributed by atoms with Crippen molar-refractivity contribution in [1.82, 2.24) is 4.98 Å². The van der Waals surface area contributed by atoms with Gasteiger partial charge in [-0.25, -0.2) is 4.39 Å². The number of aromatic nitrogens is 1. The molecule has 2 aromatic rings. The maximum absolute atomic E-state index is 13.4. The van der Waals surface area contributed by atoms with Crippen molar-refractivity contribution in [2.24, 2.45) is 0 Å². The molecule has 0 atom stereocenters. The molecule has 6 heteroatoms. The maximum Gasteiger partial charge on any atom is 0.419 e. The summed E-state index contributed by atoms with van der Waals surface area (Å²) in [5.74, 6) is -1.33. The molecule has 1 aromatic heterocycles. The topological polar surface area (TPSA) is 12.9 Å². The molecule has 18 heavy (non-hydrogen) atoms. The number of halogens is 5. The average Bonchev–Trinajstić information content (AvgIpc) is 2.27. The highest BCUT2D eigenvalue weighted by Crippen LogP contribution is 2.34. The van der Waals surface area contributed by atoms with Gasteiger partial charge in [-0.3, -0.25) is 4.98 Å². The van der Waals surface area contributed by atoms with E-state index in [0.717, 1.165) is 6.07 Å². The predicted molar refractivity (Wildman–Crippen MR) is 59.6 cm³/mol. The van der Waals surface area contributed by atoms with Gasteiger partial charge in [-0.05, 0) is 23.8 Å². The van der Waals surface area contributed by atoms with Crippen molar-refractivity contribution in [2.75, 3.05) is 0 Å². The van der Waals surface area contributed by atoms with Crippen LogP contribution in [0.3, 0.4) is 0 Å². The van der Waals surface area contributed by atoms with E-state index in [1.54, 1.807) is 0 Å². The van der Waals surface area contributed by atoms with E-state index in [1.165, 1.54) is 24.5 Å². The lowest BCUT2D eigenvalue weighted by Gasteiger charge is -2.10. The summed E-state index contributed by atoms with van der Waals surface area (Å²) >= 11 is 5.83. The van der Waals surface area contributed by atoms with E-state index in [4.69, 9.17) is 11.6 Å². The molecule has 0 saturated heterocycles. The molecule has 94 valence electrons. The average molecular weight is 276 g/mol. The molecule has 2 rings (SSSR count). The van der Waals surface area contributed by atoms with Crippen LogP contribution in [0.1, 0.15) is 5.56 Å². The monoisotopic (exact) mass is 275 g/mol. The molecule has 0 unspecified atom stereocenters. The minimum absolute atomic E-state index is 0.247. The van der Waals surface area contributed by atoms with E-state index in [2.05, 4.69) is 4.98 Å². The summed E-state index contributed by atoms with van der Waals surface area (Å²) in [6.45, 7) is 0. The van der Waals surface area contributed by atoms with Gasteiger partial charge in [0.25, 0.3) is 0 Å². The zero-order valence-electron chi connectivity index (χ0n) is 8.80. The summed E-state index contributed by atoms with van der Waals surface area (Å²) in [5, 5.41) is 0.247. The zero-order valence-corrected chi connectivity index (χ0v) is 9.56. The zero-order chi connectivity index (χ0) is 13.3. The van der Waals surface area contributed by atoms with Crippen molar-refractivity contribution >= 4 is 11.6 Å². The first kappa shape index (κ1) is 12.8. The molecular weight excluding hydrogens is 270 g/mol. The molecule has 1 heterocycles. The Hall–Kier alpha value is -1.62. The highest BCUT2D eigenvalue weighted by molar-refractivity contribution is 6.33. The van der Waals surface area contributed by atoms with E-state index in [-0.39, 0.29) is 10.6 Å². The Kier molecular flexibility index (Phi) is 3.26. The second-order valence-corrected chi connectivity index (χ2v) is 3.96. The lowest BCUT2D eigenvalue weighted by Crippen LogP contribution is -2.07.